The molecule has 0 unspecified atom stereocenters. The summed E-state index contributed by atoms with van der Waals surface area (Å²) in [6.07, 6.45) is 7.60. The molecule has 1 amide bonds. The summed E-state index contributed by atoms with van der Waals surface area (Å²) in [5.41, 5.74) is 7.12. The van der Waals surface area contributed by atoms with Gasteiger partial charge in [0, 0.05) is 35.4 Å². The highest BCUT2D eigenvalue weighted by Crippen LogP contribution is 2.46. The van der Waals surface area contributed by atoms with Crippen molar-refractivity contribution in [2.45, 2.75) is 62.9 Å². The van der Waals surface area contributed by atoms with Crippen LogP contribution in [0.1, 0.15) is 61.4 Å². The fourth-order valence-corrected chi connectivity index (χ4v) is 9.24. The Morgan fingerprint density at radius 3 is 2.51 bits per heavy atom. The summed E-state index contributed by atoms with van der Waals surface area (Å²) in [7, 11) is 0. The molecular formula is C36H39BrN4O2. The van der Waals surface area contributed by atoms with E-state index in [2.05, 4.69) is 91.4 Å². The number of nitrogens with zero attached hydrogens (tertiary/aromatic N) is 3. The first-order valence-electron chi connectivity index (χ1n) is 16.1. The van der Waals surface area contributed by atoms with Gasteiger partial charge in [0.05, 0.1) is 11.0 Å². The number of aromatic amines is 1. The fraction of sp³-hybridized carbons (Fsp3) is 0.444. The zero-order valence-corrected chi connectivity index (χ0v) is 26.1. The minimum atomic E-state index is -0.124. The van der Waals surface area contributed by atoms with Crippen molar-refractivity contribution in [3.8, 4) is 11.1 Å². The second-order valence-electron chi connectivity index (χ2n) is 13.0. The molecule has 7 heteroatoms. The van der Waals surface area contributed by atoms with Gasteiger partial charge in [-0.25, -0.2) is 9.78 Å². The number of carbonyl (C=O) groups excluding carboxylic acids is 1. The van der Waals surface area contributed by atoms with Crippen LogP contribution in [0.2, 0.25) is 0 Å². The number of imidazole rings is 1. The second kappa shape index (κ2) is 11.4. The third-order valence-electron chi connectivity index (χ3n) is 10.6. The molecule has 6 nitrogen and oxygen atoms in total. The Morgan fingerprint density at radius 2 is 1.72 bits per heavy atom. The number of carbonyl (C=O) groups is 1. The Kier molecular flexibility index (Phi) is 7.26. The molecule has 4 aliphatic rings. The predicted molar refractivity (Wildman–Crippen MR) is 173 cm³/mol. The van der Waals surface area contributed by atoms with E-state index in [1.54, 1.807) is 0 Å². The molecule has 3 aliphatic heterocycles. The minimum Gasteiger partial charge on any atom is -0.448 e. The van der Waals surface area contributed by atoms with Gasteiger partial charge in [-0.1, -0.05) is 64.5 Å². The summed E-state index contributed by atoms with van der Waals surface area (Å²) in [6, 6.07) is 24.1. The molecule has 3 saturated heterocycles. The van der Waals surface area contributed by atoms with Crippen LogP contribution in [0, 0.1) is 11.8 Å². The summed E-state index contributed by atoms with van der Waals surface area (Å²) in [4.78, 5) is 27.3. The number of halogens is 1. The number of nitrogens with one attached hydrogen (secondary N) is 1. The van der Waals surface area contributed by atoms with Crippen molar-refractivity contribution in [3.63, 3.8) is 0 Å². The van der Waals surface area contributed by atoms with Gasteiger partial charge >= 0.3 is 6.09 Å². The van der Waals surface area contributed by atoms with Crippen LogP contribution < -0.4 is 0 Å². The molecule has 3 fully saturated rings. The van der Waals surface area contributed by atoms with E-state index in [4.69, 9.17) is 9.72 Å². The lowest BCUT2D eigenvalue weighted by Crippen LogP contribution is -2.65. The largest absolute Gasteiger partial charge is 0.448 e. The van der Waals surface area contributed by atoms with Crippen molar-refractivity contribution >= 4 is 33.1 Å². The van der Waals surface area contributed by atoms with Gasteiger partial charge in [-0.15, -0.1) is 0 Å². The van der Waals surface area contributed by atoms with Gasteiger partial charge in [0.15, 0.2) is 0 Å². The number of fused-ring (bicyclic) bond motifs is 4. The number of benzene rings is 3. The Hall–Kier alpha value is -3.16. The molecule has 43 heavy (non-hydrogen) atoms. The van der Waals surface area contributed by atoms with Crippen molar-refractivity contribution in [3.05, 3.63) is 88.2 Å². The SMILES string of the molecule is O=C(OCC1c2ccccc2-c2ccccc21)N1C[C@@H]2CCCN3CCC[C@@H]([C@H]23)[C@H]1CCCc1nc2ccc(Br)cc2[nH]1. The number of hydrogen-bond donors (Lipinski definition) is 1. The normalized spacial score (nSPS) is 24.9. The standard InChI is InChI=1S/C36H39BrN4O2/c37-24-16-17-31-32(20-24)39-34(38-31)15-5-14-33-29-13-7-19-40-18-6-8-23(35(29)40)21-41(33)36(42)43-22-30-27-11-3-1-9-25(27)26-10-2-4-12-28(26)30/h1-4,9-12,16-17,20,23,29-30,33,35H,5-8,13-15,18-19,21-22H2,(H,38,39)/t23-,29+,33+,35-/m0/s1. The van der Waals surface area contributed by atoms with E-state index in [1.165, 1.54) is 61.0 Å². The molecule has 4 atom stereocenters. The third-order valence-corrected chi connectivity index (χ3v) is 11.1. The van der Waals surface area contributed by atoms with Gasteiger partial charge in [0.25, 0.3) is 0 Å². The maximum absolute atomic E-state index is 14.1. The van der Waals surface area contributed by atoms with Crippen LogP contribution in [0.5, 0.6) is 0 Å². The number of aromatic nitrogens is 2. The molecule has 4 heterocycles. The Labute approximate surface area is 261 Å². The number of hydrogen-bond acceptors (Lipinski definition) is 4. The zero-order chi connectivity index (χ0) is 28.9. The smallest absolute Gasteiger partial charge is 0.410 e. The van der Waals surface area contributed by atoms with Crippen molar-refractivity contribution in [2.24, 2.45) is 11.8 Å². The van der Waals surface area contributed by atoms with Gasteiger partial charge in [-0.2, -0.15) is 0 Å². The number of likely N-dealkylation sites (tertiary alicyclic amines) is 1. The van der Waals surface area contributed by atoms with Gasteiger partial charge in [-0.05, 0) is 104 Å². The first kappa shape index (κ1) is 27.4. The third kappa shape index (κ3) is 4.98. The number of H-pyrrole nitrogens is 1. The van der Waals surface area contributed by atoms with E-state index in [9.17, 15) is 4.79 Å². The molecule has 3 aromatic carbocycles. The van der Waals surface area contributed by atoms with Crippen LogP contribution >= 0.6 is 15.9 Å². The number of rotatable bonds is 6. The van der Waals surface area contributed by atoms with Gasteiger partial charge in [0.1, 0.15) is 12.4 Å². The van der Waals surface area contributed by atoms with Crippen LogP contribution in [0.25, 0.3) is 22.2 Å². The highest BCUT2D eigenvalue weighted by Gasteiger charge is 2.50. The Morgan fingerprint density at radius 1 is 0.977 bits per heavy atom. The van der Waals surface area contributed by atoms with Gasteiger partial charge in [0.2, 0.25) is 0 Å². The zero-order valence-electron chi connectivity index (χ0n) is 24.6. The topological polar surface area (TPSA) is 61.5 Å². The molecule has 0 saturated carbocycles. The second-order valence-corrected chi connectivity index (χ2v) is 13.9. The van der Waals surface area contributed by atoms with Gasteiger partial charge in [-0.3, -0.25) is 4.90 Å². The van der Waals surface area contributed by atoms with Crippen molar-refractivity contribution in [1.82, 2.24) is 19.8 Å². The average molecular weight is 640 g/mol. The molecule has 1 N–H and O–H groups in total. The van der Waals surface area contributed by atoms with E-state index >= 15 is 0 Å². The molecule has 4 aromatic rings. The summed E-state index contributed by atoms with van der Waals surface area (Å²) in [5.74, 6) is 2.17. The van der Waals surface area contributed by atoms with E-state index in [0.717, 1.165) is 47.1 Å². The molecule has 0 bridgehead atoms. The van der Waals surface area contributed by atoms with Crippen molar-refractivity contribution < 1.29 is 9.53 Å². The van der Waals surface area contributed by atoms with Crippen LogP contribution in [0.4, 0.5) is 4.79 Å². The van der Waals surface area contributed by atoms with Crippen LogP contribution in [0.15, 0.2) is 71.2 Å². The summed E-state index contributed by atoms with van der Waals surface area (Å²) in [6.45, 7) is 3.63. The summed E-state index contributed by atoms with van der Waals surface area (Å²) in [5, 5.41) is 0. The maximum atomic E-state index is 14.1. The van der Waals surface area contributed by atoms with Crippen LogP contribution in [0.3, 0.4) is 0 Å². The number of aryl methyl sites for hydroxylation is 1. The van der Waals surface area contributed by atoms with Crippen molar-refractivity contribution in [2.75, 3.05) is 26.2 Å². The maximum Gasteiger partial charge on any atom is 0.410 e. The first-order chi connectivity index (χ1) is 21.1. The molecule has 8 rings (SSSR count). The van der Waals surface area contributed by atoms with E-state index in [-0.39, 0.29) is 18.1 Å². The quantitative estimate of drug-likeness (QED) is 0.234. The molecule has 0 radical (unpaired) electrons. The lowest BCUT2D eigenvalue weighted by atomic mass is 9.69. The van der Waals surface area contributed by atoms with Gasteiger partial charge < -0.3 is 14.6 Å². The Balaban J connectivity index is 1.01. The predicted octanol–water partition coefficient (Wildman–Crippen LogP) is 7.77. The number of ether oxygens (including phenoxy) is 1. The highest BCUT2D eigenvalue weighted by atomic mass is 79.9. The van der Waals surface area contributed by atoms with E-state index in [1.807, 2.05) is 6.07 Å². The lowest BCUT2D eigenvalue weighted by Gasteiger charge is -2.57. The average Bonchev–Trinajstić information content (AvgIpc) is 3.59. The Bertz CT molecular complexity index is 1600. The van der Waals surface area contributed by atoms with E-state index < -0.39 is 0 Å². The lowest BCUT2D eigenvalue weighted by molar-refractivity contribution is -0.0728. The molecule has 1 aliphatic carbocycles. The fourth-order valence-electron chi connectivity index (χ4n) is 8.88. The highest BCUT2D eigenvalue weighted by molar-refractivity contribution is 9.10. The number of amides is 1. The molecule has 1 aromatic heterocycles. The minimum absolute atomic E-state index is 0.0836. The number of piperidine rings is 3. The molecule has 222 valence electrons. The monoisotopic (exact) mass is 638 g/mol. The van der Waals surface area contributed by atoms with Crippen molar-refractivity contribution in [1.29, 1.82) is 0 Å². The summed E-state index contributed by atoms with van der Waals surface area (Å²) >= 11 is 3.57. The summed E-state index contributed by atoms with van der Waals surface area (Å²) < 4.78 is 7.35. The molecular weight excluding hydrogens is 600 g/mol. The molecule has 0 spiro atoms. The van der Waals surface area contributed by atoms with Crippen LogP contribution in [-0.4, -0.2) is 64.2 Å². The van der Waals surface area contributed by atoms with Crippen LogP contribution in [-0.2, 0) is 11.2 Å². The first-order valence-corrected chi connectivity index (χ1v) is 16.9. The van der Waals surface area contributed by atoms with E-state index in [0.29, 0.717) is 24.5 Å².